The van der Waals surface area contributed by atoms with Crippen LogP contribution in [0.2, 0.25) is 0 Å². The Morgan fingerprint density at radius 2 is 1.72 bits per heavy atom. The van der Waals surface area contributed by atoms with E-state index < -0.39 is 0 Å². The lowest BCUT2D eigenvalue weighted by molar-refractivity contribution is 0.317. The van der Waals surface area contributed by atoms with Crippen molar-refractivity contribution in [1.29, 1.82) is 0 Å². The second kappa shape index (κ2) is 8.60. The number of benzene rings is 2. The zero-order chi connectivity index (χ0) is 19.5. The average Bonchev–Trinajstić information content (AvgIpc) is 3.44. The molecular formula is C25H32N4. The van der Waals surface area contributed by atoms with E-state index in [1.165, 1.54) is 73.2 Å². The van der Waals surface area contributed by atoms with Crippen molar-refractivity contribution >= 4 is 16.6 Å². The van der Waals surface area contributed by atoms with Gasteiger partial charge in [0.15, 0.2) is 0 Å². The van der Waals surface area contributed by atoms with E-state index in [0.717, 1.165) is 19.6 Å². The van der Waals surface area contributed by atoms with Crippen LogP contribution in [0.3, 0.4) is 0 Å². The largest absolute Gasteiger partial charge is 0.371 e. The lowest BCUT2D eigenvalue weighted by atomic mass is 10.0. The first-order valence-corrected chi connectivity index (χ1v) is 11.2. The summed E-state index contributed by atoms with van der Waals surface area (Å²) in [7, 11) is 0. The Balaban J connectivity index is 1.18. The molecule has 5 rings (SSSR count). The lowest BCUT2D eigenvalue weighted by Gasteiger charge is -2.34. The summed E-state index contributed by atoms with van der Waals surface area (Å²) in [4.78, 5) is 8.70. The van der Waals surface area contributed by atoms with Gasteiger partial charge in [0.25, 0.3) is 0 Å². The Hall–Kier alpha value is -2.30. The molecule has 0 aliphatic carbocycles. The van der Waals surface area contributed by atoms with Crippen molar-refractivity contribution in [3.05, 3.63) is 54.6 Å². The first-order valence-electron chi connectivity index (χ1n) is 11.2. The molecule has 4 heteroatoms. The van der Waals surface area contributed by atoms with Crippen LogP contribution in [0.25, 0.3) is 22.2 Å². The van der Waals surface area contributed by atoms with E-state index >= 15 is 0 Å². The predicted octanol–water partition coefficient (Wildman–Crippen LogP) is 4.49. The number of nitrogens with one attached hydrogen (secondary N) is 2. The van der Waals surface area contributed by atoms with E-state index in [-0.39, 0.29) is 0 Å². The van der Waals surface area contributed by atoms with Gasteiger partial charge in [-0.15, -0.1) is 0 Å². The summed E-state index contributed by atoms with van der Waals surface area (Å²) < 4.78 is 0. The van der Waals surface area contributed by atoms with Crippen LogP contribution in [0.1, 0.15) is 25.7 Å². The molecule has 2 fully saturated rings. The predicted molar refractivity (Wildman–Crippen MR) is 123 cm³/mol. The number of nitrogens with zero attached hydrogens (tertiary/aromatic N) is 2. The van der Waals surface area contributed by atoms with Gasteiger partial charge in [0.05, 0.1) is 0 Å². The molecule has 0 radical (unpaired) electrons. The van der Waals surface area contributed by atoms with Crippen LogP contribution in [0.5, 0.6) is 0 Å². The van der Waals surface area contributed by atoms with E-state index in [1.807, 2.05) is 0 Å². The molecule has 3 aromatic rings. The molecule has 3 heterocycles. The third-order valence-corrected chi connectivity index (χ3v) is 6.61. The number of rotatable bonds is 6. The number of aromatic amines is 1. The molecule has 29 heavy (non-hydrogen) atoms. The van der Waals surface area contributed by atoms with Crippen LogP contribution >= 0.6 is 0 Å². The first-order chi connectivity index (χ1) is 14.3. The second-order valence-electron chi connectivity index (χ2n) is 8.58. The maximum absolute atomic E-state index is 3.80. The van der Waals surface area contributed by atoms with Gasteiger partial charge in [-0.1, -0.05) is 30.3 Å². The standard InChI is InChI=1S/C25H32N4/c1-2-9-24-21(6-1)19-25(27-24)20-7-5-8-23(18-20)29-15-10-22(11-16-29)26-12-17-28-13-3-4-14-28/h1-2,5-9,18-19,22,26-27H,3-4,10-17H2. The van der Waals surface area contributed by atoms with Gasteiger partial charge in [0.1, 0.15) is 0 Å². The number of hydrogen-bond donors (Lipinski definition) is 2. The van der Waals surface area contributed by atoms with E-state index in [0.29, 0.717) is 6.04 Å². The monoisotopic (exact) mass is 388 g/mol. The third-order valence-electron chi connectivity index (χ3n) is 6.61. The van der Waals surface area contributed by atoms with Gasteiger partial charge < -0.3 is 20.1 Å². The maximum atomic E-state index is 3.80. The van der Waals surface area contributed by atoms with Crippen LogP contribution in [0.4, 0.5) is 5.69 Å². The zero-order valence-electron chi connectivity index (χ0n) is 17.2. The number of piperidine rings is 1. The minimum absolute atomic E-state index is 0.672. The van der Waals surface area contributed by atoms with Crippen molar-refractivity contribution in [1.82, 2.24) is 15.2 Å². The summed E-state index contributed by atoms with van der Waals surface area (Å²) in [6.07, 6.45) is 5.24. The molecular weight excluding hydrogens is 356 g/mol. The van der Waals surface area contributed by atoms with Crippen molar-refractivity contribution in [2.75, 3.05) is 44.2 Å². The fourth-order valence-corrected chi connectivity index (χ4v) is 4.87. The molecule has 0 spiro atoms. The Morgan fingerprint density at radius 3 is 2.55 bits per heavy atom. The van der Waals surface area contributed by atoms with Crippen molar-refractivity contribution in [2.24, 2.45) is 0 Å². The Bertz CT molecular complexity index is 900. The summed E-state index contributed by atoms with van der Waals surface area (Å²) >= 11 is 0. The Kier molecular flexibility index (Phi) is 5.55. The van der Waals surface area contributed by atoms with Gasteiger partial charge in [-0.25, -0.2) is 0 Å². The highest BCUT2D eigenvalue weighted by atomic mass is 15.2. The topological polar surface area (TPSA) is 34.3 Å². The second-order valence-corrected chi connectivity index (χ2v) is 8.58. The molecule has 0 saturated carbocycles. The number of fused-ring (bicyclic) bond motifs is 1. The lowest BCUT2D eigenvalue weighted by Crippen LogP contribution is -2.44. The highest BCUT2D eigenvalue weighted by molar-refractivity contribution is 5.86. The third kappa shape index (κ3) is 4.34. The molecule has 0 bridgehead atoms. The molecule has 0 unspecified atom stereocenters. The number of anilines is 1. The number of aromatic nitrogens is 1. The molecule has 4 nitrogen and oxygen atoms in total. The van der Waals surface area contributed by atoms with Crippen LogP contribution in [0.15, 0.2) is 54.6 Å². The van der Waals surface area contributed by atoms with Crippen molar-refractivity contribution < 1.29 is 0 Å². The van der Waals surface area contributed by atoms with Gasteiger partial charge in [0, 0.05) is 54.5 Å². The van der Waals surface area contributed by atoms with Gasteiger partial charge in [-0.05, 0) is 68.6 Å². The molecule has 1 aromatic heterocycles. The molecule has 2 saturated heterocycles. The molecule has 2 aromatic carbocycles. The maximum Gasteiger partial charge on any atom is 0.0465 e. The van der Waals surface area contributed by atoms with Gasteiger partial charge in [-0.2, -0.15) is 0 Å². The molecule has 0 atom stereocenters. The van der Waals surface area contributed by atoms with Gasteiger partial charge in [0.2, 0.25) is 0 Å². The summed E-state index contributed by atoms with van der Waals surface area (Å²) in [5.74, 6) is 0. The highest BCUT2D eigenvalue weighted by Gasteiger charge is 2.20. The number of hydrogen-bond acceptors (Lipinski definition) is 3. The summed E-state index contributed by atoms with van der Waals surface area (Å²) in [5.41, 5.74) is 5.02. The summed E-state index contributed by atoms with van der Waals surface area (Å²) in [5, 5.41) is 5.07. The first kappa shape index (κ1) is 18.7. The Labute approximate surface area is 173 Å². The van der Waals surface area contributed by atoms with Crippen LogP contribution in [-0.4, -0.2) is 55.2 Å². The van der Waals surface area contributed by atoms with Crippen molar-refractivity contribution in [3.63, 3.8) is 0 Å². The minimum Gasteiger partial charge on any atom is -0.371 e. The molecule has 2 N–H and O–H groups in total. The van der Waals surface area contributed by atoms with Crippen LogP contribution in [-0.2, 0) is 0 Å². The molecule has 2 aliphatic heterocycles. The quantitative estimate of drug-likeness (QED) is 0.653. The van der Waals surface area contributed by atoms with Crippen LogP contribution in [0, 0.1) is 0 Å². The van der Waals surface area contributed by atoms with E-state index in [2.05, 4.69) is 74.7 Å². The zero-order valence-corrected chi connectivity index (χ0v) is 17.2. The number of likely N-dealkylation sites (tertiary alicyclic amines) is 1. The van der Waals surface area contributed by atoms with Gasteiger partial charge >= 0.3 is 0 Å². The summed E-state index contributed by atoms with van der Waals surface area (Å²) in [6, 6.07) is 20.4. The van der Waals surface area contributed by atoms with E-state index in [9.17, 15) is 0 Å². The normalized spacial score (nSPS) is 18.7. The molecule has 0 amide bonds. The number of para-hydroxylation sites is 1. The highest BCUT2D eigenvalue weighted by Crippen LogP contribution is 2.28. The van der Waals surface area contributed by atoms with E-state index in [4.69, 9.17) is 0 Å². The smallest absolute Gasteiger partial charge is 0.0465 e. The van der Waals surface area contributed by atoms with Crippen molar-refractivity contribution in [3.8, 4) is 11.3 Å². The van der Waals surface area contributed by atoms with Gasteiger partial charge in [-0.3, -0.25) is 0 Å². The van der Waals surface area contributed by atoms with Crippen molar-refractivity contribution in [2.45, 2.75) is 31.7 Å². The average molecular weight is 389 g/mol. The minimum atomic E-state index is 0.672. The molecule has 152 valence electrons. The summed E-state index contributed by atoms with van der Waals surface area (Å²) in [6.45, 7) is 7.22. The number of H-pyrrole nitrogens is 1. The fourth-order valence-electron chi connectivity index (χ4n) is 4.87. The van der Waals surface area contributed by atoms with E-state index in [1.54, 1.807) is 0 Å². The SMILES string of the molecule is c1cc(-c2cc3ccccc3[nH]2)cc(N2CCC(NCCN3CCCC3)CC2)c1. The molecule has 2 aliphatic rings. The Morgan fingerprint density at radius 1 is 0.897 bits per heavy atom. The van der Waals surface area contributed by atoms with Crippen LogP contribution < -0.4 is 10.2 Å². The fraction of sp³-hybridized carbons (Fsp3) is 0.440.